The van der Waals surface area contributed by atoms with Crippen molar-refractivity contribution in [1.29, 1.82) is 0 Å². The molecule has 0 nitrogen and oxygen atoms in total. The smallest absolute Gasteiger partial charge is 0.0181 e. The Labute approximate surface area is 104 Å². The van der Waals surface area contributed by atoms with E-state index in [1.54, 1.807) is 0 Å². The third-order valence-corrected chi connectivity index (χ3v) is 3.59. The fraction of sp³-hybridized carbons (Fsp3) is 0.0667. The van der Waals surface area contributed by atoms with Crippen LogP contribution in [0.4, 0.5) is 0 Å². The lowest BCUT2D eigenvalue weighted by Gasteiger charge is -2.02. The summed E-state index contributed by atoms with van der Waals surface area (Å²) in [6.07, 6.45) is 0. The lowest BCUT2D eigenvalue weighted by atomic mass is 10.0. The molecule has 16 heavy (non-hydrogen) atoms. The average molecular weight is 271 g/mol. The van der Waals surface area contributed by atoms with Gasteiger partial charge in [-0.2, -0.15) is 0 Å². The zero-order valence-electron chi connectivity index (χ0n) is 9.05. The zero-order chi connectivity index (χ0) is 11.3. The second-order valence-electron chi connectivity index (χ2n) is 4.22. The van der Waals surface area contributed by atoms with Crippen molar-refractivity contribution in [2.24, 2.45) is 0 Å². The molecule has 1 heteroatoms. The van der Waals surface area contributed by atoms with Crippen LogP contribution in [-0.4, -0.2) is 0 Å². The van der Waals surface area contributed by atoms with E-state index in [4.69, 9.17) is 0 Å². The van der Waals surface area contributed by atoms with Crippen LogP contribution in [0.25, 0.3) is 16.7 Å². The van der Waals surface area contributed by atoms with Crippen LogP contribution in [0.2, 0.25) is 0 Å². The Morgan fingerprint density at radius 1 is 0.875 bits per heavy atom. The fourth-order valence-corrected chi connectivity index (χ4v) is 2.65. The second-order valence-corrected chi connectivity index (χ2v) is 5.13. The van der Waals surface area contributed by atoms with Crippen molar-refractivity contribution in [2.75, 3.05) is 0 Å². The highest BCUT2D eigenvalue weighted by Gasteiger charge is 2.21. The minimum absolute atomic E-state index is 1.12. The molecule has 2 aromatic rings. The van der Waals surface area contributed by atoms with Crippen molar-refractivity contribution < 1.29 is 0 Å². The van der Waals surface area contributed by atoms with Gasteiger partial charge in [-0.1, -0.05) is 52.3 Å². The molecule has 78 valence electrons. The van der Waals surface area contributed by atoms with Gasteiger partial charge in [0.15, 0.2) is 0 Å². The van der Waals surface area contributed by atoms with Gasteiger partial charge in [0.25, 0.3) is 0 Å². The molecule has 0 atom stereocenters. The Hall–Kier alpha value is -1.34. The van der Waals surface area contributed by atoms with Crippen molar-refractivity contribution in [3.8, 4) is 11.1 Å². The van der Waals surface area contributed by atoms with Gasteiger partial charge in [-0.05, 0) is 46.9 Å². The molecule has 0 saturated heterocycles. The maximum Gasteiger partial charge on any atom is 0.0181 e. The van der Waals surface area contributed by atoms with Gasteiger partial charge in [-0.25, -0.2) is 0 Å². The van der Waals surface area contributed by atoms with Crippen molar-refractivity contribution in [2.45, 2.75) is 6.92 Å². The Morgan fingerprint density at radius 2 is 1.50 bits per heavy atom. The van der Waals surface area contributed by atoms with E-state index in [0.717, 1.165) is 10.0 Å². The first kappa shape index (κ1) is 9.86. The molecule has 0 fully saturated rings. The first-order chi connectivity index (χ1) is 7.66. The van der Waals surface area contributed by atoms with Crippen molar-refractivity contribution in [3.63, 3.8) is 0 Å². The lowest BCUT2D eigenvalue weighted by Crippen LogP contribution is -1.79. The Balaban J connectivity index is 2.37. The predicted octanol–water partition coefficient (Wildman–Crippen LogP) is 4.80. The van der Waals surface area contributed by atoms with E-state index < -0.39 is 0 Å². The number of rotatable bonds is 0. The summed E-state index contributed by atoms with van der Waals surface area (Å²) in [5.74, 6) is 0. The van der Waals surface area contributed by atoms with Crippen LogP contribution in [0, 0.1) is 6.92 Å². The maximum absolute atomic E-state index is 4.18. The molecule has 0 unspecified atom stereocenters. The first-order valence-corrected chi connectivity index (χ1v) is 6.06. The van der Waals surface area contributed by atoms with Gasteiger partial charge >= 0.3 is 0 Å². The maximum atomic E-state index is 4.18. The first-order valence-electron chi connectivity index (χ1n) is 5.27. The van der Waals surface area contributed by atoms with E-state index in [1.807, 2.05) is 0 Å². The molecule has 1 aliphatic rings. The van der Waals surface area contributed by atoms with Crippen molar-refractivity contribution in [3.05, 3.63) is 64.1 Å². The van der Waals surface area contributed by atoms with Gasteiger partial charge in [0.1, 0.15) is 0 Å². The van der Waals surface area contributed by atoms with Crippen molar-refractivity contribution >= 4 is 21.5 Å². The van der Waals surface area contributed by atoms with Gasteiger partial charge in [0.05, 0.1) is 0 Å². The molecule has 0 aromatic heterocycles. The van der Waals surface area contributed by atoms with Gasteiger partial charge in [-0.15, -0.1) is 0 Å². The van der Waals surface area contributed by atoms with Crippen LogP contribution in [0.5, 0.6) is 0 Å². The number of hydrogen-bond donors (Lipinski definition) is 0. The normalized spacial score (nSPS) is 12.5. The van der Waals surface area contributed by atoms with Crippen LogP contribution in [0.1, 0.15) is 16.7 Å². The lowest BCUT2D eigenvalue weighted by molar-refractivity contribution is 1.47. The van der Waals surface area contributed by atoms with Crippen LogP contribution in [-0.2, 0) is 0 Å². The molecule has 1 aliphatic carbocycles. The third kappa shape index (κ3) is 1.28. The van der Waals surface area contributed by atoms with Gasteiger partial charge < -0.3 is 0 Å². The van der Waals surface area contributed by atoms with E-state index in [9.17, 15) is 0 Å². The largest absolute Gasteiger partial charge is 0.0905 e. The summed E-state index contributed by atoms with van der Waals surface area (Å²) in [6, 6.07) is 12.9. The van der Waals surface area contributed by atoms with E-state index in [2.05, 4.69) is 65.8 Å². The molecule has 0 radical (unpaired) electrons. The average Bonchev–Trinajstić information content (AvgIpc) is 2.52. The molecule has 0 spiro atoms. The third-order valence-electron chi connectivity index (χ3n) is 3.10. The van der Waals surface area contributed by atoms with E-state index in [0.29, 0.717) is 0 Å². The molecule has 0 bridgehead atoms. The highest BCUT2D eigenvalue weighted by atomic mass is 79.9. The van der Waals surface area contributed by atoms with Gasteiger partial charge in [0, 0.05) is 4.47 Å². The molecule has 0 N–H and O–H groups in total. The number of aryl methyl sites for hydroxylation is 1. The molecular weight excluding hydrogens is 260 g/mol. The van der Waals surface area contributed by atoms with Crippen LogP contribution in [0.3, 0.4) is 0 Å². The molecule has 0 saturated carbocycles. The second kappa shape index (κ2) is 3.33. The summed E-state index contributed by atoms with van der Waals surface area (Å²) in [5.41, 5.74) is 7.54. The summed E-state index contributed by atoms with van der Waals surface area (Å²) >= 11 is 3.53. The molecule has 0 aliphatic heterocycles. The van der Waals surface area contributed by atoms with Gasteiger partial charge in [-0.3, -0.25) is 0 Å². The molecular formula is C15H11Br. The van der Waals surface area contributed by atoms with E-state index in [1.165, 1.54) is 27.8 Å². The van der Waals surface area contributed by atoms with Crippen LogP contribution in [0.15, 0.2) is 47.4 Å². The Kier molecular flexibility index (Phi) is 2.05. The molecule has 0 heterocycles. The number of benzene rings is 2. The summed E-state index contributed by atoms with van der Waals surface area (Å²) in [5, 5.41) is 0. The summed E-state index contributed by atoms with van der Waals surface area (Å²) < 4.78 is 1.12. The summed E-state index contributed by atoms with van der Waals surface area (Å²) in [7, 11) is 0. The number of fused-ring (bicyclic) bond motifs is 3. The minimum Gasteiger partial charge on any atom is -0.0905 e. The number of hydrogen-bond acceptors (Lipinski definition) is 0. The molecule has 2 aromatic carbocycles. The van der Waals surface area contributed by atoms with Gasteiger partial charge in [0.2, 0.25) is 0 Å². The van der Waals surface area contributed by atoms with Crippen LogP contribution < -0.4 is 0 Å². The zero-order valence-corrected chi connectivity index (χ0v) is 10.6. The topological polar surface area (TPSA) is 0 Å². The van der Waals surface area contributed by atoms with E-state index in [-0.39, 0.29) is 0 Å². The highest BCUT2D eigenvalue weighted by molar-refractivity contribution is 9.10. The van der Waals surface area contributed by atoms with Crippen LogP contribution >= 0.6 is 15.9 Å². The quantitative estimate of drug-likeness (QED) is 0.551. The SMILES string of the molecule is C=C1c2ccc(C)cc2-c2cc(Br)ccc21. The number of halogens is 1. The molecule has 0 amide bonds. The predicted molar refractivity (Wildman–Crippen MR) is 72.5 cm³/mol. The fourth-order valence-electron chi connectivity index (χ4n) is 2.29. The highest BCUT2D eigenvalue weighted by Crippen LogP contribution is 2.44. The summed E-state index contributed by atoms with van der Waals surface area (Å²) in [4.78, 5) is 0. The minimum atomic E-state index is 1.12. The Bertz CT molecular complexity index is 555. The molecule has 3 rings (SSSR count). The van der Waals surface area contributed by atoms with Crippen molar-refractivity contribution in [1.82, 2.24) is 0 Å². The monoisotopic (exact) mass is 270 g/mol. The van der Waals surface area contributed by atoms with E-state index >= 15 is 0 Å². The summed E-state index contributed by atoms with van der Waals surface area (Å²) in [6.45, 7) is 6.30. The standard InChI is InChI=1S/C15H11Br/c1-9-3-5-12-10(2)13-6-4-11(16)8-15(13)14(12)7-9/h3-8H,2H2,1H3. The Morgan fingerprint density at radius 3 is 2.25 bits per heavy atom.